The molecule has 128 valence electrons. The zero-order chi connectivity index (χ0) is 16.5. The third-order valence-electron chi connectivity index (χ3n) is 6.82. The molecule has 24 heavy (non-hydrogen) atoms. The Labute approximate surface area is 144 Å². The van der Waals surface area contributed by atoms with Crippen LogP contribution in [-0.4, -0.2) is 18.1 Å². The molecule has 0 N–H and O–H groups in total. The summed E-state index contributed by atoms with van der Waals surface area (Å²) in [5.74, 6) is 3.62. The van der Waals surface area contributed by atoms with Crippen molar-refractivity contribution in [3.8, 4) is 5.75 Å². The highest BCUT2D eigenvalue weighted by Gasteiger charge is 2.56. The number of hydrogen-bond acceptors (Lipinski definition) is 2. The molecule has 0 saturated heterocycles. The van der Waals surface area contributed by atoms with Gasteiger partial charge in [-0.25, -0.2) is 0 Å². The van der Waals surface area contributed by atoms with E-state index in [-0.39, 0.29) is 11.0 Å². The fourth-order valence-corrected chi connectivity index (χ4v) is 6.40. The highest BCUT2D eigenvalue weighted by Crippen LogP contribution is 2.61. The number of rotatable bonds is 1. The van der Waals surface area contributed by atoms with E-state index < -0.39 is 0 Å². The van der Waals surface area contributed by atoms with Crippen LogP contribution in [0.5, 0.6) is 5.75 Å². The van der Waals surface area contributed by atoms with Gasteiger partial charge in [-0.05, 0) is 82.3 Å². The van der Waals surface area contributed by atoms with Gasteiger partial charge in [0.25, 0.3) is 0 Å². The quantitative estimate of drug-likeness (QED) is 0.765. The predicted molar refractivity (Wildman–Crippen MR) is 94.1 cm³/mol. The molecule has 0 unspecified atom stereocenters. The third-order valence-corrected chi connectivity index (χ3v) is 6.82. The van der Waals surface area contributed by atoms with Crippen molar-refractivity contribution in [3.05, 3.63) is 24.3 Å². The van der Waals surface area contributed by atoms with Gasteiger partial charge in [-0.15, -0.1) is 0 Å². The van der Waals surface area contributed by atoms with Crippen molar-refractivity contribution >= 4 is 11.6 Å². The van der Waals surface area contributed by atoms with E-state index in [4.69, 9.17) is 4.74 Å². The van der Waals surface area contributed by atoms with E-state index in [9.17, 15) is 4.79 Å². The summed E-state index contributed by atoms with van der Waals surface area (Å²) >= 11 is 0. The number of amides is 1. The van der Waals surface area contributed by atoms with Crippen LogP contribution in [0, 0.1) is 23.2 Å². The summed E-state index contributed by atoms with van der Waals surface area (Å²) in [5.41, 5.74) is 0.555. The molecule has 4 saturated carbocycles. The van der Waals surface area contributed by atoms with E-state index in [2.05, 4.69) is 18.7 Å². The van der Waals surface area contributed by atoms with Gasteiger partial charge >= 0.3 is 0 Å². The predicted octanol–water partition coefficient (Wildman–Crippen LogP) is 4.41. The number of hydrogen-bond donors (Lipinski definition) is 0. The molecule has 1 aliphatic heterocycles. The largest absolute Gasteiger partial charge is 0.484 e. The Morgan fingerprint density at radius 1 is 1.04 bits per heavy atom. The van der Waals surface area contributed by atoms with Gasteiger partial charge < -0.3 is 9.64 Å². The van der Waals surface area contributed by atoms with Crippen LogP contribution < -0.4 is 9.64 Å². The fourth-order valence-electron chi connectivity index (χ4n) is 6.40. The summed E-state index contributed by atoms with van der Waals surface area (Å²) in [6.07, 6.45) is 7.49. The highest BCUT2D eigenvalue weighted by molar-refractivity contribution is 5.99. The average molecular weight is 325 g/mol. The average Bonchev–Trinajstić information content (AvgIpc) is 2.51. The van der Waals surface area contributed by atoms with E-state index in [1.807, 2.05) is 24.3 Å². The number of para-hydroxylation sites is 2. The maximum absolute atomic E-state index is 13.8. The first-order valence-electron chi connectivity index (χ1n) is 9.54. The zero-order valence-electron chi connectivity index (χ0n) is 14.8. The minimum Gasteiger partial charge on any atom is -0.484 e. The topological polar surface area (TPSA) is 29.5 Å². The SMILES string of the molecule is CC1(C)CN(C(=O)C23CC4CC(CC(C4)C2)C3)c2ccccc2O1. The summed E-state index contributed by atoms with van der Waals surface area (Å²) in [6, 6.07) is 8.05. The molecule has 1 amide bonds. The lowest BCUT2D eigenvalue weighted by Crippen LogP contribution is -2.58. The first-order valence-corrected chi connectivity index (χ1v) is 9.54. The summed E-state index contributed by atoms with van der Waals surface area (Å²) in [7, 11) is 0. The minimum absolute atomic E-state index is 0.0880. The molecular weight excluding hydrogens is 298 g/mol. The molecule has 0 spiro atoms. The minimum atomic E-state index is -0.327. The monoisotopic (exact) mass is 325 g/mol. The molecule has 3 heteroatoms. The zero-order valence-corrected chi connectivity index (χ0v) is 14.8. The molecule has 0 aromatic heterocycles. The highest BCUT2D eigenvalue weighted by atomic mass is 16.5. The van der Waals surface area contributed by atoms with E-state index in [1.54, 1.807) is 0 Å². The lowest BCUT2D eigenvalue weighted by molar-refractivity contribution is -0.144. The number of fused-ring (bicyclic) bond motifs is 1. The summed E-state index contributed by atoms with van der Waals surface area (Å²) in [4.78, 5) is 15.8. The normalized spacial score (nSPS) is 38.6. The molecule has 3 nitrogen and oxygen atoms in total. The number of nitrogens with zero attached hydrogens (tertiary/aromatic N) is 1. The van der Waals surface area contributed by atoms with Gasteiger partial charge in [-0.3, -0.25) is 4.79 Å². The Morgan fingerprint density at radius 2 is 1.62 bits per heavy atom. The van der Waals surface area contributed by atoms with Crippen molar-refractivity contribution in [2.24, 2.45) is 23.2 Å². The standard InChI is InChI=1S/C21H27NO2/c1-20(2)13-22(17-5-3-4-6-18(17)24-20)19(23)21-10-14-7-15(11-21)9-16(8-14)12-21/h3-6,14-16H,7-13H2,1-2H3. The van der Waals surface area contributed by atoms with Gasteiger partial charge in [0.15, 0.2) is 0 Å². The smallest absolute Gasteiger partial charge is 0.233 e. The van der Waals surface area contributed by atoms with Gasteiger partial charge in [0.05, 0.1) is 17.6 Å². The second-order valence-electron chi connectivity index (χ2n) is 9.42. The molecule has 4 fully saturated rings. The molecular formula is C21H27NO2. The van der Waals surface area contributed by atoms with Crippen LogP contribution >= 0.6 is 0 Å². The van der Waals surface area contributed by atoms with Crippen molar-refractivity contribution in [1.29, 1.82) is 0 Å². The number of carbonyl (C=O) groups is 1. The van der Waals surface area contributed by atoms with Crippen LogP contribution in [0.2, 0.25) is 0 Å². The Balaban J connectivity index is 1.53. The van der Waals surface area contributed by atoms with Gasteiger partial charge in [-0.1, -0.05) is 12.1 Å². The first-order chi connectivity index (χ1) is 11.4. The number of carbonyl (C=O) groups excluding carboxylic acids is 1. The van der Waals surface area contributed by atoms with Crippen LogP contribution in [0.4, 0.5) is 5.69 Å². The van der Waals surface area contributed by atoms with Crippen LogP contribution in [0.3, 0.4) is 0 Å². The molecule has 5 aliphatic rings. The maximum atomic E-state index is 13.8. The van der Waals surface area contributed by atoms with Gasteiger partial charge in [0.2, 0.25) is 5.91 Å². The Morgan fingerprint density at radius 3 is 2.25 bits per heavy atom. The van der Waals surface area contributed by atoms with E-state index in [0.717, 1.165) is 48.5 Å². The van der Waals surface area contributed by atoms with Gasteiger partial charge in [-0.2, -0.15) is 0 Å². The van der Waals surface area contributed by atoms with Crippen molar-refractivity contribution in [1.82, 2.24) is 0 Å². The number of ether oxygens (including phenoxy) is 1. The lowest BCUT2D eigenvalue weighted by Gasteiger charge is -2.57. The van der Waals surface area contributed by atoms with Gasteiger partial charge in [0.1, 0.15) is 11.4 Å². The van der Waals surface area contributed by atoms with E-state index in [0.29, 0.717) is 12.5 Å². The summed E-state index contributed by atoms with van der Waals surface area (Å²) in [5, 5.41) is 0. The third kappa shape index (κ3) is 2.13. The lowest BCUT2D eigenvalue weighted by atomic mass is 9.49. The van der Waals surface area contributed by atoms with E-state index >= 15 is 0 Å². The molecule has 1 heterocycles. The molecule has 1 aromatic carbocycles. The van der Waals surface area contributed by atoms with E-state index in [1.165, 1.54) is 19.3 Å². The first kappa shape index (κ1) is 14.8. The number of anilines is 1. The van der Waals surface area contributed by atoms with Crippen LogP contribution in [0.15, 0.2) is 24.3 Å². The second kappa shape index (κ2) is 4.77. The van der Waals surface area contributed by atoms with Crippen molar-refractivity contribution < 1.29 is 9.53 Å². The molecule has 4 bridgehead atoms. The molecule has 6 rings (SSSR count). The fraction of sp³-hybridized carbons (Fsp3) is 0.667. The molecule has 0 radical (unpaired) electrons. The second-order valence-corrected chi connectivity index (χ2v) is 9.42. The van der Waals surface area contributed by atoms with Crippen molar-refractivity contribution in [3.63, 3.8) is 0 Å². The molecule has 0 atom stereocenters. The van der Waals surface area contributed by atoms with Gasteiger partial charge in [0, 0.05) is 0 Å². The Kier molecular flexibility index (Phi) is 2.94. The summed E-state index contributed by atoms with van der Waals surface area (Å²) in [6.45, 7) is 4.83. The Hall–Kier alpha value is -1.51. The maximum Gasteiger partial charge on any atom is 0.233 e. The van der Waals surface area contributed by atoms with Crippen LogP contribution in [0.25, 0.3) is 0 Å². The molecule has 4 aliphatic carbocycles. The molecule has 1 aromatic rings. The number of benzene rings is 1. The van der Waals surface area contributed by atoms with Crippen LogP contribution in [0.1, 0.15) is 52.4 Å². The van der Waals surface area contributed by atoms with Crippen molar-refractivity contribution in [2.45, 2.75) is 58.0 Å². The van der Waals surface area contributed by atoms with Crippen LogP contribution in [-0.2, 0) is 4.79 Å². The van der Waals surface area contributed by atoms with Crippen molar-refractivity contribution in [2.75, 3.05) is 11.4 Å². The summed E-state index contributed by atoms with van der Waals surface area (Å²) < 4.78 is 6.12. The Bertz CT molecular complexity index is 658.